The lowest BCUT2D eigenvalue weighted by Crippen LogP contribution is -2.23. The molecule has 3 heteroatoms. The second-order valence-corrected chi connectivity index (χ2v) is 5.34. The van der Waals surface area contributed by atoms with Crippen LogP contribution in [0.2, 0.25) is 0 Å². The summed E-state index contributed by atoms with van der Waals surface area (Å²) in [4.78, 5) is 10.0. The van der Waals surface area contributed by atoms with E-state index in [1.807, 2.05) is 0 Å². The van der Waals surface area contributed by atoms with E-state index in [-0.39, 0.29) is 0 Å². The Bertz CT molecular complexity index is 181. The molecular formula is C13H27NO2. The monoisotopic (exact) mass is 229 g/mol. The molecule has 1 amide bonds. The summed E-state index contributed by atoms with van der Waals surface area (Å²) in [6.07, 6.45) is 8.75. The molecular weight excluding hydrogens is 202 g/mol. The van der Waals surface area contributed by atoms with Crippen molar-refractivity contribution in [2.75, 3.05) is 13.7 Å². The SMILES string of the molecule is CC1(C)CCCC(CCCNC=O)C1.CO. The molecule has 0 heterocycles. The zero-order valence-corrected chi connectivity index (χ0v) is 11.0. The third kappa shape index (κ3) is 6.83. The van der Waals surface area contributed by atoms with Crippen molar-refractivity contribution < 1.29 is 9.90 Å². The molecule has 0 bridgehead atoms. The average molecular weight is 229 g/mol. The fraction of sp³-hybridized carbons (Fsp3) is 0.923. The fourth-order valence-corrected chi connectivity index (χ4v) is 2.65. The Kier molecular flexibility index (Phi) is 8.26. The van der Waals surface area contributed by atoms with E-state index < -0.39 is 0 Å². The molecule has 0 radical (unpaired) electrons. The first-order valence-corrected chi connectivity index (χ1v) is 6.26. The van der Waals surface area contributed by atoms with Gasteiger partial charge in [-0.3, -0.25) is 4.79 Å². The maximum Gasteiger partial charge on any atom is 0.207 e. The molecule has 0 aromatic carbocycles. The molecule has 1 rings (SSSR count). The van der Waals surface area contributed by atoms with E-state index in [0.29, 0.717) is 5.41 Å². The molecule has 1 fully saturated rings. The van der Waals surface area contributed by atoms with Gasteiger partial charge in [-0.2, -0.15) is 0 Å². The van der Waals surface area contributed by atoms with Crippen LogP contribution in [0.25, 0.3) is 0 Å². The Morgan fingerprint density at radius 2 is 2.12 bits per heavy atom. The molecule has 1 atom stereocenters. The van der Waals surface area contributed by atoms with Crippen LogP contribution in [-0.2, 0) is 4.79 Å². The smallest absolute Gasteiger partial charge is 0.207 e. The van der Waals surface area contributed by atoms with Crippen LogP contribution in [0.15, 0.2) is 0 Å². The third-order valence-electron chi connectivity index (χ3n) is 3.32. The summed E-state index contributed by atoms with van der Waals surface area (Å²) in [6, 6.07) is 0. The van der Waals surface area contributed by atoms with Crippen molar-refractivity contribution >= 4 is 6.41 Å². The van der Waals surface area contributed by atoms with E-state index in [4.69, 9.17) is 5.11 Å². The number of rotatable bonds is 5. The van der Waals surface area contributed by atoms with Crippen molar-refractivity contribution in [1.82, 2.24) is 5.32 Å². The van der Waals surface area contributed by atoms with Crippen molar-refractivity contribution in [3.05, 3.63) is 0 Å². The zero-order chi connectivity index (χ0) is 12.4. The molecule has 96 valence electrons. The predicted octanol–water partition coefficient (Wildman–Crippen LogP) is 2.34. The van der Waals surface area contributed by atoms with E-state index in [2.05, 4.69) is 19.2 Å². The van der Waals surface area contributed by atoms with Gasteiger partial charge in [-0.15, -0.1) is 0 Å². The van der Waals surface area contributed by atoms with Crippen LogP contribution in [0.3, 0.4) is 0 Å². The van der Waals surface area contributed by atoms with Crippen LogP contribution in [0.5, 0.6) is 0 Å². The van der Waals surface area contributed by atoms with Crippen molar-refractivity contribution in [1.29, 1.82) is 0 Å². The minimum absolute atomic E-state index is 0.557. The maximum absolute atomic E-state index is 10.0. The maximum atomic E-state index is 10.0. The molecule has 3 nitrogen and oxygen atoms in total. The molecule has 0 aromatic heterocycles. The lowest BCUT2D eigenvalue weighted by atomic mass is 9.71. The quantitative estimate of drug-likeness (QED) is 0.561. The Labute approximate surface area is 99.6 Å². The summed E-state index contributed by atoms with van der Waals surface area (Å²) >= 11 is 0. The molecule has 16 heavy (non-hydrogen) atoms. The summed E-state index contributed by atoms with van der Waals surface area (Å²) < 4.78 is 0. The van der Waals surface area contributed by atoms with E-state index in [9.17, 15) is 4.79 Å². The van der Waals surface area contributed by atoms with Crippen LogP contribution in [-0.4, -0.2) is 25.2 Å². The highest BCUT2D eigenvalue weighted by Crippen LogP contribution is 2.40. The van der Waals surface area contributed by atoms with Crippen LogP contribution < -0.4 is 5.32 Å². The summed E-state index contributed by atoms with van der Waals surface area (Å²) in [6.45, 7) is 5.60. The van der Waals surface area contributed by atoms with Gasteiger partial charge in [0.1, 0.15) is 0 Å². The van der Waals surface area contributed by atoms with Gasteiger partial charge in [0.05, 0.1) is 0 Å². The molecule has 0 saturated heterocycles. The summed E-state index contributed by atoms with van der Waals surface area (Å²) in [5.74, 6) is 0.896. The van der Waals surface area contributed by atoms with Crippen LogP contribution in [0.1, 0.15) is 52.4 Å². The summed E-state index contributed by atoms with van der Waals surface area (Å²) in [5, 5.41) is 9.73. The van der Waals surface area contributed by atoms with Gasteiger partial charge in [0, 0.05) is 13.7 Å². The van der Waals surface area contributed by atoms with Gasteiger partial charge in [-0.1, -0.05) is 26.7 Å². The normalized spacial score (nSPS) is 22.9. The van der Waals surface area contributed by atoms with Gasteiger partial charge in [0.25, 0.3) is 0 Å². The lowest BCUT2D eigenvalue weighted by molar-refractivity contribution is -0.109. The van der Waals surface area contributed by atoms with Crippen LogP contribution in [0, 0.1) is 11.3 Å². The largest absolute Gasteiger partial charge is 0.400 e. The zero-order valence-electron chi connectivity index (χ0n) is 11.0. The molecule has 1 saturated carbocycles. The van der Waals surface area contributed by atoms with Crippen molar-refractivity contribution in [2.24, 2.45) is 11.3 Å². The van der Waals surface area contributed by atoms with Gasteiger partial charge >= 0.3 is 0 Å². The topological polar surface area (TPSA) is 49.3 Å². The minimum atomic E-state index is 0.557. The standard InChI is InChI=1S/C12H23NO.CH4O/c1-12(2)7-3-5-11(9-12)6-4-8-13-10-14;1-2/h10-11H,3-9H2,1-2H3,(H,13,14);2H,1H3. The first-order valence-electron chi connectivity index (χ1n) is 6.26. The molecule has 2 N–H and O–H groups in total. The van der Waals surface area contributed by atoms with Crippen molar-refractivity contribution in [2.45, 2.75) is 52.4 Å². The average Bonchev–Trinajstić information content (AvgIpc) is 2.26. The van der Waals surface area contributed by atoms with E-state index in [1.54, 1.807) is 0 Å². The number of nitrogens with one attached hydrogen (secondary N) is 1. The number of hydrogen-bond donors (Lipinski definition) is 2. The number of amides is 1. The Hall–Kier alpha value is -0.570. The van der Waals surface area contributed by atoms with Gasteiger partial charge < -0.3 is 10.4 Å². The number of aliphatic hydroxyl groups excluding tert-OH is 1. The van der Waals surface area contributed by atoms with Gasteiger partial charge in [0.15, 0.2) is 0 Å². The first kappa shape index (κ1) is 15.4. The minimum Gasteiger partial charge on any atom is -0.400 e. The number of carbonyl (C=O) groups is 1. The lowest BCUT2D eigenvalue weighted by Gasteiger charge is -2.35. The van der Waals surface area contributed by atoms with Crippen LogP contribution >= 0.6 is 0 Å². The molecule has 0 spiro atoms. The van der Waals surface area contributed by atoms with E-state index >= 15 is 0 Å². The fourth-order valence-electron chi connectivity index (χ4n) is 2.65. The van der Waals surface area contributed by atoms with Crippen molar-refractivity contribution in [3.8, 4) is 0 Å². The third-order valence-corrected chi connectivity index (χ3v) is 3.32. The second-order valence-electron chi connectivity index (χ2n) is 5.34. The van der Waals surface area contributed by atoms with Crippen LogP contribution in [0.4, 0.5) is 0 Å². The first-order chi connectivity index (χ1) is 7.64. The Balaban J connectivity index is 0.00000106. The summed E-state index contributed by atoms with van der Waals surface area (Å²) in [7, 11) is 1.00. The highest BCUT2D eigenvalue weighted by molar-refractivity contribution is 5.45. The number of carbonyl (C=O) groups excluding carboxylic acids is 1. The molecule has 1 aliphatic rings. The number of aliphatic hydroxyl groups is 1. The van der Waals surface area contributed by atoms with E-state index in [0.717, 1.165) is 32.4 Å². The molecule has 0 aliphatic heterocycles. The van der Waals surface area contributed by atoms with Gasteiger partial charge in [-0.25, -0.2) is 0 Å². The molecule has 0 aromatic rings. The second kappa shape index (κ2) is 8.57. The molecule has 1 aliphatic carbocycles. The van der Waals surface area contributed by atoms with Crippen molar-refractivity contribution in [3.63, 3.8) is 0 Å². The summed E-state index contributed by atoms with van der Waals surface area (Å²) in [5.41, 5.74) is 0.557. The highest BCUT2D eigenvalue weighted by atomic mass is 16.2. The Morgan fingerprint density at radius 3 is 2.69 bits per heavy atom. The highest BCUT2D eigenvalue weighted by Gasteiger charge is 2.27. The van der Waals surface area contributed by atoms with Gasteiger partial charge in [-0.05, 0) is 37.0 Å². The Morgan fingerprint density at radius 1 is 1.44 bits per heavy atom. The van der Waals surface area contributed by atoms with E-state index in [1.165, 1.54) is 32.1 Å². The molecule has 1 unspecified atom stereocenters. The number of hydrogen-bond acceptors (Lipinski definition) is 2. The van der Waals surface area contributed by atoms with Gasteiger partial charge in [0.2, 0.25) is 6.41 Å². The predicted molar refractivity (Wildman–Crippen MR) is 67.2 cm³/mol.